The van der Waals surface area contributed by atoms with Crippen LogP contribution in [0.2, 0.25) is 0 Å². The summed E-state index contributed by atoms with van der Waals surface area (Å²) in [5, 5.41) is 0. The Hall–Kier alpha value is 0.275. The molecule has 0 nitrogen and oxygen atoms in total. The molecule has 0 aliphatic carbocycles. The average molecular weight is 218 g/mol. The van der Waals surface area contributed by atoms with Crippen LogP contribution >= 0.6 is 19.8 Å². The molecule has 1 aliphatic heterocycles. The molecular weight excluding hydrogens is 210 g/mol. The Balaban J connectivity index is 2.13. The number of rotatable bonds is 2. The zero-order chi connectivity index (χ0) is 5.82. The zero-order valence-electron chi connectivity index (χ0n) is 4.68. The maximum atomic E-state index is 5.12. The van der Waals surface area contributed by atoms with Gasteiger partial charge in [-0.05, 0) is 0 Å². The van der Waals surface area contributed by atoms with Crippen LogP contribution in [-0.4, -0.2) is 16.7 Å². The Morgan fingerprint density at radius 3 is 2.50 bits per heavy atom. The van der Waals surface area contributed by atoms with E-state index in [9.17, 15) is 0 Å². The molecule has 42 valence electrons. The van der Waals surface area contributed by atoms with Gasteiger partial charge in [0.1, 0.15) is 0 Å². The van der Waals surface area contributed by atoms with Crippen LogP contribution in [0.25, 0.3) is 0 Å². The van der Waals surface area contributed by atoms with Crippen LogP contribution in [0.1, 0.15) is 0 Å². The quantitative estimate of drug-likeness (QED) is 0.286. The van der Waals surface area contributed by atoms with Crippen molar-refractivity contribution in [3.05, 3.63) is 22.2 Å². The number of hydrogen-bond acceptors (Lipinski definition) is 0. The van der Waals surface area contributed by atoms with E-state index in [1.54, 1.807) is 5.98 Å². The van der Waals surface area contributed by atoms with Gasteiger partial charge in [-0.3, -0.25) is 0 Å². The van der Waals surface area contributed by atoms with Crippen molar-refractivity contribution in [2.75, 3.05) is 8.86 Å². The minimum absolute atomic E-state index is 0.381. The first kappa shape index (κ1) is 6.40. The van der Waals surface area contributed by atoms with Crippen LogP contribution < -0.4 is 0 Å². The van der Waals surface area contributed by atoms with E-state index in [0.29, 0.717) is 0 Å². The van der Waals surface area contributed by atoms with E-state index in [1.807, 2.05) is 6.08 Å². The average Bonchev–Trinajstić information content (AvgIpc) is 2.51. The number of allylic oxidation sites excluding steroid dienone is 2. The molecule has 0 amide bonds. The fraction of sp³-hybridized carbons (Fsp3) is 0.333. The van der Waals surface area contributed by atoms with Crippen molar-refractivity contribution >= 4 is 27.7 Å². The van der Waals surface area contributed by atoms with Crippen LogP contribution in [0.5, 0.6) is 0 Å². The van der Waals surface area contributed by atoms with E-state index >= 15 is 0 Å². The Morgan fingerprint density at radius 1 is 1.25 bits per heavy atom. The van der Waals surface area contributed by atoms with E-state index in [1.165, 1.54) is 8.86 Å². The predicted octanol–water partition coefficient (Wildman–Crippen LogP) is 1.70. The molecule has 0 spiro atoms. The van der Waals surface area contributed by atoms with Crippen molar-refractivity contribution in [3.63, 3.8) is 0 Å². The van der Waals surface area contributed by atoms with Crippen LogP contribution in [0.3, 0.4) is 0 Å². The number of halogens is 1. The normalized spacial score (nSPS) is 23.2. The summed E-state index contributed by atoms with van der Waals surface area (Å²) in [5.74, 6) is 1.58. The van der Waals surface area contributed by atoms with Crippen molar-refractivity contribution in [2.45, 2.75) is 0 Å². The second-order valence-electron chi connectivity index (χ2n) is 1.58. The van der Waals surface area contributed by atoms with Crippen LogP contribution in [0.15, 0.2) is 22.2 Å². The first-order valence-corrected chi connectivity index (χ1v) is 6.88. The van der Waals surface area contributed by atoms with E-state index in [0.717, 1.165) is 0 Å². The molecule has 1 fully saturated rings. The summed E-state index contributed by atoms with van der Waals surface area (Å²) >= 11 is -0.381. The van der Waals surface area contributed by atoms with Crippen molar-refractivity contribution in [2.24, 2.45) is 0 Å². The molecular formula is C6H8BI. The Labute approximate surface area is 58.8 Å². The molecule has 8 heavy (non-hydrogen) atoms. The summed E-state index contributed by atoms with van der Waals surface area (Å²) in [6.45, 7) is 0. The van der Waals surface area contributed by atoms with Gasteiger partial charge >= 0.3 is 58.7 Å². The minimum atomic E-state index is -0.381. The van der Waals surface area contributed by atoms with Gasteiger partial charge in [-0.1, -0.05) is 0 Å². The molecule has 2 radical (unpaired) electrons. The predicted molar refractivity (Wildman–Crippen MR) is 47.8 cm³/mol. The van der Waals surface area contributed by atoms with E-state index in [-0.39, 0.29) is 19.8 Å². The van der Waals surface area contributed by atoms with Gasteiger partial charge < -0.3 is 0 Å². The monoisotopic (exact) mass is 218 g/mol. The summed E-state index contributed by atoms with van der Waals surface area (Å²) in [6.07, 6.45) is 3.98. The molecule has 2 heteroatoms. The molecule has 0 aromatic rings. The van der Waals surface area contributed by atoms with Crippen molar-refractivity contribution in [3.8, 4) is 0 Å². The fourth-order valence-electron chi connectivity index (χ4n) is 0.376. The van der Waals surface area contributed by atoms with Crippen LogP contribution in [0.4, 0.5) is 0 Å². The summed E-state index contributed by atoms with van der Waals surface area (Å²) < 4.78 is 5.41. The van der Waals surface area contributed by atoms with E-state index in [4.69, 9.17) is 7.85 Å². The van der Waals surface area contributed by atoms with Crippen LogP contribution in [-0.2, 0) is 0 Å². The Morgan fingerprint density at radius 2 is 2.00 bits per heavy atom. The topological polar surface area (TPSA) is 0 Å². The second-order valence-corrected chi connectivity index (χ2v) is 7.30. The van der Waals surface area contributed by atoms with E-state index in [2.05, 4.69) is 10.2 Å². The van der Waals surface area contributed by atoms with Gasteiger partial charge in [-0.2, -0.15) is 0 Å². The molecule has 1 heterocycles. The SMILES string of the molecule is [B]/C=C/C=C/I1CC1. The third kappa shape index (κ3) is 2.55. The number of hydrogen-bond donors (Lipinski definition) is 0. The molecule has 1 rings (SSSR count). The third-order valence-corrected chi connectivity index (χ3v) is 4.64. The van der Waals surface area contributed by atoms with E-state index < -0.39 is 0 Å². The van der Waals surface area contributed by atoms with Crippen molar-refractivity contribution < 1.29 is 0 Å². The molecule has 0 bridgehead atoms. The first-order chi connectivity index (χ1) is 3.93. The van der Waals surface area contributed by atoms with Crippen LogP contribution in [0, 0.1) is 0 Å². The number of alkyl halides is 2. The molecule has 0 saturated carbocycles. The van der Waals surface area contributed by atoms with Gasteiger partial charge in [0.15, 0.2) is 0 Å². The Kier molecular flexibility index (Phi) is 2.66. The van der Waals surface area contributed by atoms with Gasteiger partial charge in [-0.25, -0.2) is 0 Å². The molecule has 0 aromatic carbocycles. The molecule has 0 unspecified atom stereocenters. The van der Waals surface area contributed by atoms with Crippen molar-refractivity contribution in [1.29, 1.82) is 0 Å². The maximum absolute atomic E-state index is 5.12. The Bertz CT molecular complexity index is 114. The van der Waals surface area contributed by atoms with Gasteiger partial charge in [0.2, 0.25) is 0 Å². The van der Waals surface area contributed by atoms with Gasteiger partial charge in [0, 0.05) is 0 Å². The standard InChI is InChI=1S/C6H8BI/c7-3-1-2-4-8-5-6-8/h1-4H,5-6H2/b3-1+,4-2+. The summed E-state index contributed by atoms with van der Waals surface area (Å²) in [7, 11) is 5.12. The molecule has 1 aliphatic rings. The molecule has 1 saturated heterocycles. The molecule has 0 aromatic heterocycles. The second kappa shape index (κ2) is 3.33. The molecule has 0 N–H and O–H groups in total. The third-order valence-electron chi connectivity index (χ3n) is 0.880. The summed E-state index contributed by atoms with van der Waals surface area (Å²) in [6, 6.07) is 0. The first-order valence-electron chi connectivity index (χ1n) is 2.59. The van der Waals surface area contributed by atoms with Gasteiger partial charge in [0.25, 0.3) is 0 Å². The molecule has 0 atom stereocenters. The van der Waals surface area contributed by atoms with Gasteiger partial charge in [-0.15, -0.1) is 0 Å². The van der Waals surface area contributed by atoms with Crippen molar-refractivity contribution in [1.82, 2.24) is 0 Å². The summed E-state index contributed by atoms with van der Waals surface area (Å²) in [5.41, 5.74) is 0. The van der Waals surface area contributed by atoms with Gasteiger partial charge in [0.05, 0.1) is 0 Å². The fourth-order valence-corrected chi connectivity index (χ4v) is 3.74. The summed E-state index contributed by atoms with van der Waals surface area (Å²) in [4.78, 5) is 0. The zero-order valence-corrected chi connectivity index (χ0v) is 6.84.